The van der Waals surface area contributed by atoms with Crippen molar-refractivity contribution in [2.45, 2.75) is 139 Å². The standard InChI is InChI=1S/C32H54O2/c1-21(33)34-26-13-17-30(7)22(28(26,4)5)11-15-31(8)23-10-14-29(6)19-18-27(2,3)20-25(29)32(23,9)16-12-24(30)31/h22-26H,10-20H2,1-9H3/t22-,23-,24-,25+,26-,29-,30-,31-,32+/m0/s1. The second-order valence-electron chi connectivity index (χ2n) is 16.3. The average Bonchev–Trinajstić information content (AvgIpc) is 2.70. The molecule has 0 aromatic rings. The number of carbonyl (C=O) groups excluding carboxylic acids is 1. The summed E-state index contributed by atoms with van der Waals surface area (Å²) in [5.41, 5.74) is 2.49. The summed E-state index contributed by atoms with van der Waals surface area (Å²) in [6.45, 7) is 22.3. The minimum atomic E-state index is -0.101. The molecule has 5 rings (SSSR count). The van der Waals surface area contributed by atoms with Gasteiger partial charge in [-0.2, -0.15) is 0 Å². The maximum Gasteiger partial charge on any atom is 0.302 e. The molecule has 0 amide bonds. The van der Waals surface area contributed by atoms with Crippen molar-refractivity contribution in [1.82, 2.24) is 0 Å². The van der Waals surface area contributed by atoms with Crippen LogP contribution >= 0.6 is 0 Å². The zero-order chi connectivity index (χ0) is 24.9. The maximum atomic E-state index is 11.9. The van der Waals surface area contributed by atoms with Crippen molar-refractivity contribution in [3.8, 4) is 0 Å². The predicted molar refractivity (Wildman–Crippen MR) is 140 cm³/mol. The van der Waals surface area contributed by atoms with Crippen LogP contribution in [0.1, 0.15) is 133 Å². The molecule has 194 valence electrons. The lowest BCUT2D eigenvalue weighted by Crippen LogP contribution is -2.66. The topological polar surface area (TPSA) is 26.3 Å². The first-order chi connectivity index (χ1) is 15.6. The van der Waals surface area contributed by atoms with Gasteiger partial charge in [-0.05, 0) is 121 Å². The van der Waals surface area contributed by atoms with Crippen LogP contribution in [0.25, 0.3) is 0 Å². The highest BCUT2D eigenvalue weighted by Gasteiger charge is 2.69. The van der Waals surface area contributed by atoms with Crippen LogP contribution in [0.5, 0.6) is 0 Å². The molecule has 5 saturated carbocycles. The van der Waals surface area contributed by atoms with Gasteiger partial charge in [0.1, 0.15) is 6.10 Å². The summed E-state index contributed by atoms with van der Waals surface area (Å²) in [6.07, 6.45) is 15.1. The van der Waals surface area contributed by atoms with E-state index in [1.807, 2.05) is 0 Å². The Morgan fingerprint density at radius 3 is 1.74 bits per heavy atom. The fourth-order valence-electron chi connectivity index (χ4n) is 12.0. The lowest BCUT2D eigenvalue weighted by Gasteiger charge is -2.73. The smallest absolute Gasteiger partial charge is 0.302 e. The Morgan fingerprint density at radius 2 is 1.12 bits per heavy atom. The van der Waals surface area contributed by atoms with E-state index in [-0.39, 0.29) is 17.5 Å². The van der Waals surface area contributed by atoms with Gasteiger partial charge in [0.2, 0.25) is 0 Å². The molecule has 0 aromatic heterocycles. The van der Waals surface area contributed by atoms with E-state index in [4.69, 9.17) is 4.74 Å². The van der Waals surface area contributed by atoms with Gasteiger partial charge in [-0.15, -0.1) is 0 Å². The molecule has 0 saturated heterocycles. The van der Waals surface area contributed by atoms with Crippen molar-refractivity contribution in [3.63, 3.8) is 0 Å². The van der Waals surface area contributed by atoms with Crippen LogP contribution in [0.2, 0.25) is 0 Å². The maximum absolute atomic E-state index is 11.9. The number of hydrogen-bond donors (Lipinski definition) is 0. The first-order valence-corrected chi connectivity index (χ1v) is 14.8. The third-order valence-corrected chi connectivity index (χ3v) is 13.7. The van der Waals surface area contributed by atoms with E-state index in [0.717, 1.165) is 24.2 Å². The Bertz CT molecular complexity index is 842. The third kappa shape index (κ3) is 3.34. The molecule has 34 heavy (non-hydrogen) atoms. The molecule has 5 aliphatic rings. The van der Waals surface area contributed by atoms with Crippen molar-refractivity contribution in [2.75, 3.05) is 0 Å². The van der Waals surface area contributed by atoms with E-state index in [1.54, 1.807) is 6.92 Å². The predicted octanol–water partition coefficient (Wildman–Crippen LogP) is 8.82. The number of fused-ring (bicyclic) bond motifs is 7. The first kappa shape index (κ1) is 25.1. The van der Waals surface area contributed by atoms with Crippen LogP contribution in [-0.4, -0.2) is 12.1 Å². The van der Waals surface area contributed by atoms with E-state index in [9.17, 15) is 4.79 Å². The number of ether oxygens (including phenoxy) is 1. The van der Waals surface area contributed by atoms with E-state index in [2.05, 4.69) is 55.4 Å². The molecule has 0 bridgehead atoms. The second kappa shape index (κ2) is 7.50. The van der Waals surface area contributed by atoms with E-state index >= 15 is 0 Å². The minimum Gasteiger partial charge on any atom is -0.462 e. The normalized spacial score (nSPS) is 53.5. The molecule has 0 spiro atoms. The van der Waals surface area contributed by atoms with Crippen molar-refractivity contribution < 1.29 is 9.53 Å². The van der Waals surface area contributed by atoms with Crippen LogP contribution in [0.4, 0.5) is 0 Å². The monoisotopic (exact) mass is 470 g/mol. The fraction of sp³-hybridized carbons (Fsp3) is 0.969. The summed E-state index contributed by atoms with van der Waals surface area (Å²) in [6, 6.07) is 0. The molecule has 5 aliphatic carbocycles. The van der Waals surface area contributed by atoms with Crippen molar-refractivity contribution >= 4 is 5.97 Å². The Kier molecular flexibility index (Phi) is 5.55. The van der Waals surface area contributed by atoms with E-state index < -0.39 is 0 Å². The molecule has 9 atom stereocenters. The first-order valence-electron chi connectivity index (χ1n) is 14.8. The van der Waals surface area contributed by atoms with Gasteiger partial charge in [-0.25, -0.2) is 0 Å². The number of hydrogen-bond acceptors (Lipinski definition) is 2. The quantitative estimate of drug-likeness (QED) is 0.358. The summed E-state index contributed by atoms with van der Waals surface area (Å²) in [4.78, 5) is 11.9. The SMILES string of the molecule is CC(=O)O[C@H]1CC[C@]2(C)[C@@H]3CC[C@]4(C)[C@@H](CC[C@@]5(C)CCC(C)(C)C[C@H]54)[C@]3(C)CC[C@H]2C1(C)C. The molecule has 2 nitrogen and oxygen atoms in total. The van der Waals surface area contributed by atoms with Gasteiger partial charge in [-0.3, -0.25) is 4.79 Å². The summed E-state index contributed by atoms with van der Waals surface area (Å²) in [7, 11) is 0. The Labute approximate surface area is 210 Å². The van der Waals surface area contributed by atoms with Crippen LogP contribution in [-0.2, 0) is 9.53 Å². The fourth-order valence-corrected chi connectivity index (χ4v) is 12.0. The van der Waals surface area contributed by atoms with Gasteiger partial charge in [0.25, 0.3) is 0 Å². The Balaban J connectivity index is 1.48. The summed E-state index contributed by atoms with van der Waals surface area (Å²) in [5.74, 6) is 3.13. The molecule has 0 aliphatic heterocycles. The van der Waals surface area contributed by atoms with Crippen LogP contribution < -0.4 is 0 Å². The molecule has 0 N–H and O–H groups in total. The number of esters is 1. The minimum absolute atomic E-state index is 0.0687. The highest BCUT2D eigenvalue weighted by Crippen LogP contribution is 2.76. The highest BCUT2D eigenvalue weighted by atomic mass is 16.5. The lowest BCUT2D eigenvalue weighted by atomic mass is 9.32. The molecule has 0 unspecified atom stereocenters. The molecular weight excluding hydrogens is 416 g/mol. The van der Waals surface area contributed by atoms with Crippen LogP contribution in [0, 0.1) is 56.2 Å². The molecule has 2 heteroatoms. The van der Waals surface area contributed by atoms with E-state index in [0.29, 0.717) is 33.0 Å². The van der Waals surface area contributed by atoms with Crippen LogP contribution in [0.3, 0.4) is 0 Å². The van der Waals surface area contributed by atoms with Gasteiger partial charge < -0.3 is 4.74 Å². The molecule has 0 radical (unpaired) electrons. The van der Waals surface area contributed by atoms with Gasteiger partial charge in [0, 0.05) is 12.3 Å². The molecular formula is C32H54O2. The van der Waals surface area contributed by atoms with Crippen molar-refractivity contribution in [1.29, 1.82) is 0 Å². The van der Waals surface area contributed by atoms with Crippen molar-refractivity contribution in [2.24, 2.45) is 56.2 Å². The van der Waals surface area contributed by atoms with Crippen molar-refractivity contribution in [3.05, 3.63) is 0 Å². The van der Waals surface area contributed by atoms with Gasteiger partial charge in [0.15, 0.2) is 0 Å². The number of rotatable bonds is 1. The van der Waals surface area contributed by atoms with Gasteiger partial charge in [0.05, 0.1) is 0 Å². The van der Waals surface area contributed by atoms with Gasteiger partial charge in [-0.1, -0.05) is 55.4 Å². The largest absolute Gasteiger partial charge is 0.462 e. The summed E-state index contributed by atoms with van der Waals surface area (Å²) < 4.78 is 5.91. The van der Waals surface area contributed by atoms with Gasteiger partial charge >= 0.3 is 5.97 Å². The summed E-state index contributed by atoms with van der Waals surface area (Å²) in [5, 5.41) is 0. The second-order valence-corrected chi connectivity index (χ2v) is 16.3. The zero-order valence-corrected chi connectivity index (χ0v) is 24.0. The molecule has 0 heterocycles. The zero-order valence-electron chi connectivity index (χ0n) is 24.0. The van der Waals surface area contributed by atoms with Crippen LogP contribution in [0.15, 0.2) is 0 Å². The molecule has 5 fully saturated rings. The molecule has 0 aromatic carbocycles. The van der Waals surface area contributed by atoms with E-state index in [1.165, 1.54) is 64.2 Å². The Hall–Kier alpha value is -0.530. The highest BCUT2D eigenvalue weighted by molar-refractivity contribution is 5.66. The number of carbonyl (C=O) groups is 1. The lowest BCUT2D eigenvalue weighted by molar-refractivity contribution is -0.247. The summed E-state index contributed by atoms with van der Waals surface area (Å²) >= 11 is 0. The average molecular weight is 471 g/mol. The Morgan fingerprint density at radius 1 is 0.618 bits per heavy atom. The third-order valence-electron chi connectivity index (χ3n) is 13.7.